The number of nitrogens with zero attached hydrogens (tertiary/aromatic N) is 3. The average molecular weight is 405 g/mol. The van der Waals surface area contributed by atoms with Gasteiger partial charge in [-0.3, -0.25) is 0 Å². The van der Waals surface area contributed by atoms with E-state index in [-0.39, 0.29) is 0 Å². The van der Waals surface area contributed by atoms with Crippen LogP contribution < -0.4 is 9.64 Å². The normalized spacial score (nSPS) is 19.0. The van der Waals surface area contributed by atoms with Crippen molar-refractivity contribution in [1.82, 2.24) is 4.98 Å². The van der Waals surface area contributed by atoms with E-state index in [4.69, 9.17) is 13.6 Å². The van der Waals surface area contributed by atoms with Crippen molar-refractivity contribution >= 4 is 5.88 Å². The highest BCUT2D eigenvalue weighted by atomic mass is 16.5. The van der Waals surface area contributed by atoms with Gasteiger partial charge in [0.05, 0.1) is 0 Å². The van der Waals surface area contributed by atoms with Gasteiger partial charge in [-0.1, -0.05) is 26.0 Å². The number of furan rings is 1. The lowest BCUT2D eigenvalue weighted by molar-refractivity contribution is 0.269. The van der Waals surface area contributed by atoms with Crippen LogP contribution in [0.2, 0.25) is 0 Å². The Labute approximate surface area is 177 Å². The minimum Gasteiger partial charge on any atom is -0.485 e. The summed E-state index contributed by atoms with van der Waals surface area (Å²) in [4.78, 5) is 6.50. The Morgan fingerprint density at radius 2 is 1.90 bits per heavy atom. The molecule has 2 atom stereocenters. The van der Waals surface area contributed by atoms with E-state index in [1.807, 2.05) is 32.0 Å². The van der Waals surface area contributed by atoms with E-state index in [2.05, 4.69) is 35.9 Å². The largest absolute Gasteiger partial charge is 0.485 e. The Kier molecular flexibility index (Phi) is 5.54. The maximum atomic E-state index is 9.56. The monoisotopic (exact) mass is 405 g/mol. The summed E-state index contributed by atoms with van der Waals surface area (Å²) in [6.45, 7) is 10.5. The molecule has 3 aromatic rings. The molecule has 0 unspecified atom stereocenters. The zero-order valence-corrected chi connectivity index (χ0v) is 17.9. The molecular formula is C24H27N3O3. The number of rotatable bonds is 5. The lowest BCUT2D eigenvalue weighted by atomic mass is 9.92. The van der Waals surface area contributed by atoms with Crippen LogP contribution in [-0.2, 0) is 6.61 Å². The molecule has 3 heterocycles. The highest BCUT2D eigenvalue weighted by molar-refractivity contribution is 5.56. The number of hydrogen-bond acceptors (Lipinski definition) is 6. The second kappa shape index (κ2) is 8.27. The summed E-state index contributed by atoms with van der Waals surface area (Å²) >= 11 is 0. The van der Waals surface area contributed by atoms with Crippen LogP contribution in [0.3, 0.4) is 0 Å². The molecule has 0 saturated carbocycles. The molecule has 1 fully saturated rings. The smallest absolute Gasteiger partial charge is 0.266 e. The lowest BCUT2D eigenvalue weighted by Crippen LogP contribution is -2.38. The van der Waals surface area contributed by atoms with Crippen LogP contribution in [0.15, 0.2) is 39.2 Å². The number of benzene rings is 1. The molecule has 0 amide bonds. The summed E-state index contributed by atoms with van der Waals surface area (Å²) in [5.74, 6) is 3.96. The number of ether oxygens (including phenoxy) is 1. The molecule has 2 aromatic heterocycles. The second-order valence-corrected chi connectivity index (χ2v) is 8.46. The third-order valence-corrected chi connectivity index (χ3v) is 5.46. The number of nitriles is 1. The van der Waals surface area contributed by atoms with Gasteiger partial charge in [0.25, 0.3) is 5.89 Å². The van der Waals surface area contributed by atoms with Gasteiger partial charge in [-0.05, 0) is 61.4 Å². The molecule has 1 aromatic carbocycles. The highest BCUT2D eigenvalue weighted by Gasteiger charge is 2.28. The number of anilines is 1. The SMILES string of the molecule is Cc1ccc(C)c(OCc2ccc(-c3nc(C#N)c(N4C[C@@H](C)C[C@H](C)C4)o3)o2)c1. The molecule has 0 aliphatic carbocycles. The molecule has 1 aliphatic heterocycles. The molecule has 0 spiro atoms. The molecule has 156 valence electrons. The van der Waals surface area contributed by atoms with Crippen LogP contribution in [-0.4, -0.2) is 18.1 Å². The summed E-state index contributed by atoms with van der Waals surface area (Å²) in [5.41, 5.74) is 2.53. The molecule has 6 nitrogen and oxygen atoms in total. The van der Waals surface area contributed by atoms with E-state index in [9.17, 15) is 5.26 Å². The Morgan fingerprint density at radius 3 is 2.63 bits per heavy atom. The van der Waals surface area contributed by atoms with Crippen molar-refractivity contribution in [2.45, 2.75) is 40.7 Å². The van der Waals surface area contributed by atoms with Crippen molar-refractivity contribution in [2.24, 2.45) is 11.8 Å². The van der Waals surface area contributed by atoms with Crippen LogP contribution in [0.25, 0.3) is 11.7 Å². The summed E-state index contributed by atoms with van der Waals surface area (Å²) in [6, 6.07) is 11.9. The fourth-order valence-corrected chi connectivity index (χ4v) is 4.12. The number of piperidine rings is 1. The number of aromatic nitrogens is 1. The summed E-state index contributed by atoms with van der Waals surface area (Å²) in [7, 11) is 0. The minimum absolute atomic E-state index is 0.302. The maximum Gasteiger partial charge on any atom is 0.266 e. The molecule has 1 aliphatic rings. The summed E-state index contributed by atoms with van der Waals surface area (Å²) in [6.07, 6.45) is 1.18. The van der Waals surface area contributed by atoms with E-state index in [1.165, 1.54) is 6.42 Å². The van der Waals surface area contributed by atoms with Crippen molar-refractivity contribution < 1.29 is 13.6 Å². The Morgan fingerprint density at radius 1 is 1.13 bits per heavy atom. The molecule has 0 N–H and O–H groups in total. The molecular weight excluding hydrogens is 378 g/mol. The van der Waals surface area contributed by atoms with Crippen molar-refractivity contribution in [3.8, 4) is 23.5 Å². The van der Waals surface area contributed by atoms with E-state index in [0.717, 1.165) is 30.0 Å². The topological polar surface area (TPSA) is 75.4 Å². The van der Waals surface area contributed by atoms with Crippen molar-refractivity contribution in [1.29, 1.82) is 5.26 Å². The van der Waals surface area contributed by atoms with Crippen molar-refractivity contribution in [3.05, 3.63) is 52.9 Å². The van der Waals surface area contributed by atoms with Gasteiger partial charge in [0.1, 0.15) is 24.2 Å². The number of hydrogen-bond donors (Lipinski definition) is 0. The fraction of sp³-hybridized carbons (Fsp3) is 0.417. The summed E-state index contributed by atoms with van der Waals surface area (Å²) in [5, 5.41) is 9.56. The van der Waals surface area contributed by atoms with Gasteiger partial charge in [-0.15, -0.1) is 0 Å². The van der Waals surface area contributed by atoms with Crippen LogP contribution in [0, 0.1) is 37.0 Å². The Bertz CT molecular complexity index is 1070. The second-order valence-electron chi connectivity index (χ2n) is 8.46. The van der Waals surface area contributed by atoms with Crippen LogP contribution in [0.1, 0.15) is 42.8 Å². The Balaban J connectivity index is 1.51. The molecule has 4 rings (SSSR count). The first-order valence-electron chi connectivity index (χ1n) is 10.4. The lowest BCUT2D eigenvalue weighted by Gasteiger charge is -2.34. The standard InChI is InChI=1S/C24H27N3O3/c1-15-5-6-18(4)22(10-15)28-14-19-7-8-21(29-19)23-26-20(11-25)24(30-23)27-12-16(2)9-17(3)13-27/h5-8,10,16-17H,9,12-14H2,1-4H3/t16-,17-/m0/s1. The van der Waals surface area contributed by atoms with Gasteiger partial charge in [0, 0.05) is 13.1 Å². The first kappa shape index (κ1) is 20.1. The first-order valence-corrected chi connectivity index (χ1v) is 10.4. The summed E-state index contributed by atoms with van der Waals surface area (Å²) < 4.78 is 17.8. The average Bonchev–Trinajstić information content (AvgIpc) is 3.34. The van der Waals surface area contributed by atoms with E-state index in [0.29, 0.717) is 47.4 Å². The zero-order chi connectivity index (χ0) is 21.3. The van der Waals surface area contributed by atoms with Crippen LogP contribution in [0.5, 0.6) is 5.75 Å². The molecule has 6 heteroatoms. The maximum absolute atomic E-state index is 9.56. The number of aryl methyl sites for hydroxylation is 2. The third-order valence-electron chi connectivity index (χ3n) is 5.46. The molecule has 1 saturated heterocycles. The molecule has 0 radical (unpaired) electrons. The van der Waals surface area contributed by atoms with Crippen molar-refractivity contribution in [2.75, 3.05) is 18.0 Å². The van der Waals surface area contributed by atoms with E-state index >= 15 is 0 Å². The van der Waals surface area contributed by atoms with Gasteiger partial charge in [-0.25, -0.2) is 0 Å². The quantitative estimate of drug-likeness (QED) is 0.559. The fourth-order valence-electron chi connectivity index (χ4n) is 4.12. The van der Waals surface area contributed by atoms with E-state index < -0.39 is 0 Å². The third kappa shape index (κ3) is 4.20. The minimum atomic E-state index is 0.302. The first-order chi connectivity index (χ1) is 14.4. The van der Waals surface area contributed by atoms with Gasteiger partial charge in [0.2, 0.25) is 11.6 Å². The number of oxazole rings is 1. The van der Waals surface area contributed by atoms with Gasteiger partial charge in [0.15, 0.2) is 5.76 Å². The molecule has 30 heavy (non-hydrogen) atoms. The van der Waals surface area contributed by atoms with E-state index in [1.54, 1.807) is 6.07 Å². The Hall–Kier alpha value is -3.20. The highest BCUT2D eigenvalue weighted by Crippen LogP contribution is 2.33. The predicted octanol–water partition coefficient (Wildman–Crippen LogP) is 5.48. The van der Waals surface area contributed by atoms with Crippen LogP contribution in [0.4, 0.5) is 5.88 Å². The van der Waals surface area contributed by atoms with Gasteiger partial charge in [-0.2, -0.15) is 10.2 Å². The van der Waals surface area contributed by atoms with Crippen LogP contribution >= 0.6 is 0 Å². The van der Waals surface area contributed by atoms with Gasteiger partial charge < -0.3 is 18.5 Å². The molecule has 0 bridgehead atoms. The zero-order valence-electron chi connectivity index (χ0n) is 17.9. The van der Waals surface area contributed by atoms with Gasteiger partial charge >= 0.3 is 0 Å². The predicted molar refractivity (Wildman–Crippen MR) is 114 cm³/mol. The van der Waals surface area contributed by atoms with Crippen molar-refractivity contribution in [3.63, 3.8) is 0 Å².